The van der Waals surface area contributed by atoms with Crippen molar-refractivity contribution in [2.75, 3.05) is 6.61 Å². The molecule has 1 aliphatic heterocycles. The number of carbonyl (C=O) groups is 3. The maximum atomic E-state index is 12.4. The lowest BCUT2D eigenvalue weighted by Crippen LogP contribution is -2.60. The van der Waals surface area contributed by atoms with Crippen molar-refractivity contribution in [3.8, 4) is 0 Å². The van der Waals surface area contributed by atoms with Crippen LogP contribution in [0.1, 0.15) is 11.8 Å². The smallest absolute Gasteiger partial charge is 0.404 e. The second-order valence-corrected chi connectivity index (χ2v) is 7.49. The molecule has 1 aromatic heterocycles. The van der Waals surface area contributed by atoms with Crippen molar-refractivity contribution in [3.05, 3.63) is 32.6 Å². The quantitative estimate of drug-likeness (QED) is 0.141. The fraction of sp³-hybridized carbons (Fsp3) is 0.588. The third-order valence-corrected chi connectivity index (χ3v) is 5.11. The number of nitrogens with zero attached hydrogens (tertiary/aromatic N) is 1. The number of carboxylic acid groups (broad SMARTS) is 1. The number of primary amides is 1. The molecule has 1 aromatic rings. The minimum absolute atomic E-state index is 0.305. The molecule has 0 spiro atoms. The monoisotopic (exact) mass is 507 g/mol. The number of rotatable bonds is 10. The molecule has 1 saturated heterocycles. The van der Waals surface area contributed by atoms with E-state index in [9.17, 15) is 54.6 Å². The lowest BCUT2D eigenvalue weighted by atomic mass is 10.0. The van der Waals surface area contributed by atoms with Crippen LogP contribution >= 0.6 is 0 Å². The van der Waals surface area contributed by atoms with E-state index in [1.807, 2.05) is 10.3 Å². The number of hydrogen-bond acceptors (Lipinski definition) is 13. The first-order valence-electron chi connectivity index (χ1n) is 9.84. The molecule has 0 radical (unpaired) electrons. The number of carboxylic acids is 1. The van der Waals surface area contributed by atoms with Crippen molar-refractivity contribution in [1.29, 1.82) is 0 Å². The van der Waals surface area contributed by atoms with E-state index in [0.29, 0.717) is 4.57 Å². The van der Waals surface area contributed by atoms with Gasteiger partial charge in [-0.05, 0) is 0 Å². The summed E-state index contributed by atoms with van der Waals surface area (Å²) in [6.07, 6.45) is -11.9. The van der Waals surface area contributed by atoms with Crippen molar-refractivity contribution in [3.63, 3.8) is 0 Å². The van der Waals surface area contributed by atoms with Crippen LogP contribution in [0, 0.1) is 0 Å². The van der Waals surface area contributed by atoms with E-state index < -0.39 is 91.3 Å². The summed E-state index contributed by atoms with van der Waals surface area (Å²) in [7, 11) is 0. The Morgan fingerprint density at radius 1 is 1.23 bits per heavy atom. The topological polar surface area (TPSA) is 310 Å². The molecule has 0 aliphatic carbocycles. The number of aliphatic hydroxyl groups is 5. The number of aromatic amines is 1. The van der Waals surface area contributed by atoms with E-state index in [0.717, 1.165) is 6.20 Å². The van der Waals surface area contributed by atoms with Gasteiger partial charge < -0.3 is 56.9 Å². The van der Waals surface area contributed by atoms with Gasteiger partial charge in [0.1, 0.15) is 43.2 Å². The number of hydrogen-bond donors (Lipinski definition) is 10. The van der Waals surface area contributed by atoms with Crippen LogP contribution in [0.5, 0.6) is 0 Å². The predicted octanol–water partition coefficient (Wildman–Crippen LogP) is -6.64. The molecule has 2 amide bonds. The summed E-state index contributed by atoms with van der Waals surface area (Å²) < 4.78 is 10.2. The summed E-state index contributed by atoms with van der Waals surface area (Å²) in [4.78, 5) is 60.3. The van der Waals surface area contributed by atoms with E-state index in [2.05, 4.69) is 4.74 Å². The minimum Gasteiger partial charge on any atom is -0.480 e. The molecule has 1 fully saturated rings. The maximum absolute atomic E-state index is 12.4. The van der Waals surface area contributed by atoms with Gasteiger partial charge >= 0.3 is 17.8 Å². The summed E-state index contributed by atoms with van der Waals surface area (Å²) in [6, 6.07) is -4.05. The highest BCUT2D eigenvalue weighted by Crippen LogP contribution is 2.30. The Balaban J connectivity index is 2.22. The second kappa shape index (κ2) is 11.4. The van der Waals surface area contributed by atoms with Crippen molar-refractivity contribution >= 4 is 18.0 Å². The third-order valence-electron chi connectivity index (χ3n) is 5.11. The molecule has 3 unspecified atom stereocenters. The largest absolute Gasteiger partial charge is 0.480 e. The second-order valence-electron chi connectivity index (χ2n) is 7.49. The highest BCUT2D eigenvalue weighted by Gasteiger charge is 2.50. The molecule has 35 heavy (non-hydrogen) atoms. The highest BCUT2D eigenvalue weighted by atomic mass is 16.6. The normalized spacial score (nSPS) is 25.3. The first-order valence-corrected chi connectivity index (χ1v) is 9.84. The summed E-state index contributed by atoms with van der Waals surface area (Å²) in [5.41, 5.74) is 7.89. The zero-order chi connectivity index (χ0) is 26.6. The number of amides is 2. The van der Waals surface area contributed by atoms with Gasteiger partial charge in [-0.2, -0.15) is 0 Å². The number of nitrogens with one attached hydrogen (secondary N) is 2. The molecule has 1 aliphatic rings. The van der Waals surface area contributed by atoms with Gasteiger partial charge in [-0.3, -0.25) is 19.1 Å². The summed E-state index contributed by atoms with van der Waals surface area (Å²) in [5, 5.41) is 61.0. The lowest BCUT2D eigenvalue weighted by Gasteiger charge is -2.27. The Labute approximate surface area is 194 Å². The van der Waals surface area contributed by atoms with Crippen LogP contribution in [0.3, 0.4) is 0 Å². The average molecular weight is 507 g/mol. The molecule has 0 aromatic carbocycles. The number of H-pyrrole nitrogens is 1. The Hall–Kier alpha value is -3.39. The molecule has 196 valence electrons. The lowest BCUT2D eigenvalue weighted by molar-refractivity contribution is -0.150. The Morgan fingerprint density at radius 2 is 1.86 bits per heavy atom. The molecular weight excluding hydrogens is 482 g/mol. The number of aromatic nitrogens is 2. The molecule has 0 bridgehead atoms. The van der Waals surface area contributed by atoms with E-state index in [-0.39, 0.29) is 5.56 Å². The van der Waals surface area contributed by atoms with Gasteiger partial charge in [0, 0.05) is 6.20 Å². The molecule has 18 heteroatoms. The first kappa shape index (κ1) is 27.9. The maximum Gasteiger partial charge on any atom is 0.404 e. The van der Waals surface area contributed by atoms with Crippen molar-refractivity contribution in [1.82, 2.24) is 14.9 Å². The summed E-state index contributed by atoms with van der Waals surface area (Å²) in [5.74, 6) is -3.13. The van der Waals surface area contributed by atoms with Crippen LogP contribution in [0.25, 0.3) is 0 Å². The summed E-state index contributed by atoms with van der Waals surface area (Å²) in [6.45, 7) is -1.63. The van der Waals surface area contributed by atoms with Gasteiger partial charge in [0.15, 0.2) is 12.3 Å². The molecule has 0 saturated carbocycles. The van der Waals surface area contributed by atoms with E-state index in [4.69, 9.17) is 16.2 Å². The Morgan fingerprint density at radius 3 is 2.40 bits per heavy atom. The number of aliphatic carboxylic acids is 1. The fourth-order valence-corrected chi connectivity index (χ4v) is 3.21. The van der Waals surface area contributed by atoms with Gasteiger partial charge in [0.05, 0.1) is 12.2 Å². The van der Waals surface area contributed by atoms with Crippen molar-refractivity contribution < 1.29 is 54.5 Å². The van der Waals surface area contributed by atoms with Gasteiger partial charge in [-0.25, -0.2) is 14.4 Å². The van der Waals surface area contributed by atoms with Gasteiger partial charge in [-0.1, -0.05) is 0 Å². The van der Waals surface area contributed by atoms with Crippen LogP contribution in [0.4, 0.5) is 4.79 Å². The fourth-order valence-electron chi connectivity index (χ4n) is 3.21. The molecule has 2 rings (SSSR count). The molecule has 12 N–H and O–H groups in total. The third kappa shape index (κ3) is 6.19. The Kier molecular flexibility index (Phi) is 9.04. The first-order chi connectivity index (χ1) is 16.3. The zero-order valence-corrected chi connectivity index (χ0v) is 17.8. The predicted molar refractivity (Wildman–Crippen MR) is 108 cm³/mol. The van der Waals surface area contributed by atoms with Crippen LogP contribution in [0.15, 0.2) is 15.8 Å². The molecule has 2 heterocycles. The minimum atomic E-state index is -2.09. The van der Waals surface area contributed by atoms with Gasteiger partial charge in [0.25, 0.3) is 5.56 Å². The number of nitrogens with two attached hydrogens (primary N) is 2. The Bertz CT molecular complexity index is 1060. The van der Waals surface area contributed by atoms with Crippen LogP contribution < -0.4 is 28.0 Å². The van der Waals surface area contributed by atoms with E-state index in [1.54, 1.807) is 0 Å². The number of carbonyl (C=O) groups excluding carboxylic acids is 2. The highest BCUT2D eigenvalue weighted by molar-refractivity contribution is 5.87. The number of ether oxygens (including phenoxy) is 2. The molecule has 18 nitrogen and oxygen atoms in total. The van der Waals surface area contributed by atoms with Crippen molar-refractivity contribution in [2.24, 2.45) is 11.5 Å². The zero-order valence-electron chi connectivity index (χ0n) is 17.8. The van der Waals surface area contributed by atoms with Gasteiger partial charge in [0.2, 0.25) is 5.91 Å². The summed E-state index contributed by atoms with van der Waals surface area (Å²) >= 11 is 0. The average Bonchev–Trinajstić information content (AvgIpc) is 3.08. The molecule has 8 atom stereocenters. The van der Waals surface area contributed by atoms with Crippen LogP contribution in [-0.2, 0) is 25.7 Å². The molecular formula is C17H25N5O13. The van der Waals surface area contributed by atoms with Gasteiger partial charge in [-0.15, -0.1) is 0 Å². The number of aliphatic hydroxyl groups excluding tert-OH is 5. The standard InChI is InChI=1S/C17H25N5O13/c18-6(8(25)5(24)3-34-16(19)32)13(29)20-7(15(30)31)11-9(26)10(27)14(35-11)22-1-4(2-23)12(28)21-17(22)33/h1,5-11,14,23-27H,2-3,18H2,(H2,19,32)(H,20,29)(H,30,31)(H,21,28,33)/t5-,6-,7-,8+,9?,10?,11+,14?/m0/s1. The SMILES string of the molecule is NC(=O)OC[C@H](O)[C@@H](O)[C@H](N)C(=O)N[C@H](C(=O)O)[C@H]1OC(n2cc(CO)c(=O)[nH]c2=O)C(O)C1O. The van der Waals surface area contributed by atoms with E-state index >= 15 is 0 Å². The van der Waals surface area contributed by atoms with E-state index in [1.165, 1.54) is 0 Å². The van der Waals surface area contributed by atoms with Crippen molar-refractivity contribution in [2.45, 2.75) is 55.4 Å². The van der Waals surface area contributed by atoms with Crippen LogP contribution in [0.2, 0.25) is 0 Å². The van der Waals surface area contributed by atoms with Crippen LogP contribution in [-0.4, -0.2) is 107 Å².